The Morgan fingerprint density at radius 1 is 0.446 bits per heavy atom. The van der Waals surface area contributed by atoms with Gasteiger partial charge in [0.2, 0.25) is 0 Å². The second-order valence-electron chi connectivity index (χ2n) is 19.2. The molecule has 0 aromatic carbocycles. The van der Waals surface area contributed by atoms with Crippen molar-refractivity contribution in [3.05, 3.63) is 12.2 Å². The molecule has 0 amide bonds. The molecule has 386 valence electrons. The van der Waals surface area contributed by atoms with Crippen LogP contribution in [0.1, 0.15) is 296 Å². The quantitative estimate of drug-likeness (QED) is 0.0264. The van der Waals surface area contributed by atoms with Crippen LogP contribution in [0, 0.1) is 0 Å². The molecule has 0 radical (unpaired) electrons. The predicted octanol–water partition coefficient (Wildman–Crippen LogP) is 17.3. The smallest absolute Gasteiger partial charge is 0.462 e. The van der Waals surface area contributed by atoms with E-state index in [4.69, 9.17) is 24.3 Å². The third kappa shape index (κ3) is 52.0. The first kappa shape index (κ1) is 63.8. The first-order valence-corrected chi connectivity index (χ1v) is 29.7. The molecular weight excluding hydrogens is 834 g/mol. The molecule has 0 saturated heterocycles. The highest BCUT2D eigenvalue weighted by molar-refractivity contribution is 7.47. The molecule has 3 N–H and O–H groups in total. The molecule has 0 fully saturated rings. The van der Waals surface area contributed by atoms with Crippen molar-refractivity contribution in [1.29, 1.82) is 0 Å². The van der Waals surface area contributed by atoms with Crippen molar-refractivity contribution in [2.24, 2.45) is 5.73 Å². The minimum Gasteiger partial charge on any atom is -0.462 e. The van der Waals surface area contributed by atoms with E-state index < -0.39 is 26.5 Å². The average molecular weight is 942 g/mol. The molecule has 0 rings (SSSR count). The number of ether oxygens (including phenoxy) is 2. The van der Waals surface area contributed by atoms with E-state index >= 15 is 0 Å². The fraction of sp³-hybridized carbons (Fsp3) is 0.927. The Labute approximate surface area is 402 Å². The minimum atomic E-state index is -4.38. The number of carbonyl (C=O) groups is 2. The molecule has 0 saturated carbocycles. The van der Waals surface area contributed by atoms with Crippen molar-refractivity contribution < 1.29 is 37.6 Å². The lowest BCUT2D eigenvalue weighted by atomic mass is 10.0. The lowest BCUT2D eigenvalue weighted by Gasteiger charge is -2.19. The summed E-state index contributed by atoms with van der Waals surface area (Å²) in [4.78, 5) is 35.1. The van der Waals surface area contributed by atoms with Gasteiger partial charge in [-0.05, 0) is 38.5 Å². The van der Waals surface area contributed by atoms with Crippen LogP contribution in [0.5, 0.6) is 0 Å². The summed E-state index contributed by atoms with van der Waals surface area (Å²) in [6, 6.07) is 0. The Hall–Kier alpha value is -1.25. The van der Waals surface area contributed by atoms with Crippen LogP contribution in [0.3, 0.4) is 0 Å². The van der Waals surface area contributed by atoms with Crippen molar-refractivity contribution in [3.63, 3.8) is 0 Å². The highest BCUT2D eigenvalue weighted by Gasteiger charge is 2.26. The van der Waals surface area contributed by atoms with Crippen LogP contribution in [0.2, 0.25) is 0 Å². The van der Waals surface area contributed by atoms with Gasteiger partial charge in [0.15, 0.2) is 6.10 Å². The molecule has 0 aliphatic carbocycles. The molecule has 9 nitrogen and oxygen atoms in total. The summed E-state index contributed by atoms with van der Waals surface area (Å²) in [5.74, 6) is -0.809. The standard InChI is InChI=1S/C55H108NO8P/c1-3-5-7-9-11-13-15-17-19-21-23-25-26-28-30-32-34-36-38-40-42-44-46-48-55(58)64-53(52-63-65(59,60)62-50-49-56)51-61-54(57)47-45-43-41-39-37-35-33-31-29-27-24-22-20-18-16-14-12-10-8-6-4-2/h18,20,53H,3-17,19,21-52,56H2,1-2H3,(H,59,60)/b20-18+/t53-/m1/s1. The Kier molecular flexibility index (Phi) is 51.1. The van der Waals surface area contributed by atoms with E-state index in [-0.39, 0.29) is 38.6 Å². The zero-order valence-corrected chi connectivity index (χ0v) is 43.9. The van der Waals surface area contributed by atoms with Gasteiger partial charge >= 0.3 is 19.8 Å². The fourth-order valence-corrected chi connectivity index (χ4v) is 9.22. The van der Waals surface area contributed by atoms with Gasteiger partial charge in [-0.3, -0.25) is 18.6 Å². The van der Waals surface area contributed by atoms with Gasteiger partial charge in [-0.15, -0.1) is 0 Å². The predicted molar refractivity (Wildman–Crippen MR) is 275 cm³/mol. The lowest BCUT2D eigenvalue weighted by Crippen LogP contribution is -2.29. The van der Waals surface area contributed by atoms with Gasteiger partial charge in [-0.25, -0.2) is 4.57 Å². The van der Waals surface area contributed by atoms with Crippen LogP contribution in [0.15, 0.2) is 12.2 Å². The summed E-state index contributed by atoms with van der Waals surface area (Å²) in [5.41, 5.74) is 5.38. The summed E-state index contributed by atoms with van der Waals surface area (Å²) < 4.78 is 33.0. The summed E-state index contributed by atoms with van der Waals surface area (Å²) in [6.07, 6.45) is 58.3. The maximum Gasteiger partial charge on any atom is 0.472 e. The van der Waals surface area contributed by atoms with Crippen molar-refractivity contribution in [3.8, 4) is 0 Å². The van der Waals surface area contributed by atoms with Gasteiger partial charge < -0.3 is 20.1 Å². The van der Waals surface area contributed by atoms with E-state index in [0.29, 0.717) is 6.42 Å². The Bertz CT molecular complexity index is 1070. The summed E-state index contributed by atoms with van der Waals surface area (Å²) >= 11 is 0. The van der Waals surface area contributed by atoms with Crippen LogP contribution in [0.4, 0.5) is 0 Å². The molecular formula is C55H108NO8P. The third-order valence-electron chi connectivity index (χ3n) is 12.7. The maximum absolute atomic E-state index is 12.7. The summed E-state index contributed by atoms with van der Waals surface area (Å²) in [5, 5.41) is 0. The SMILES string of the molecule is CCCCCCCC/C=C/CCCCCCCCCCCCCC(=O)OC[C@H](COP(=O)(O)OCCN)OC(=O)CCCCCCCCCCCCCCCCCCCCCCCCC. The van der Waals surface area contributed by atoms with Gasteiger partial charge in [0.25, 0.3) is 0 Å². The van der Waals surface area contributed by atoms with Crippen LogP contribution < -0.4 is 5.73 Å². The van der Waals surface area contributed by atoms with Gasteiger partial charge in [-0.2, -0.15) is 0 Å². The van der Waals surface area contributed by atoms with E-state index in [1.807, 2.05) is 0 Å². The third-order valence-corrected chi connectivity index (χ3v) is 13.6. The summed E-state index contributed by atoms with van der Waals surface area (Å²) in [6.45, 7) is 3.80. The van der Waals surface area contributed by atoms with Crippen LogP contribution in [-0.2, 0) is 32.7 Å². The van der Waals surface area contributed by atoms with Crippen LogP contribution >= 0.6 is 7.82 Å². The van der Waals surface area contributed by atoms with Gasteiger partial charge in [0.1, 0.15) is 6.61 Å². The number of rotatable bonds is 54. The molecule has 2 atom stereocenters. The second-order valence-corrected chi connectivity index (χ2v) is 20.6. The minimum absolute atomic E-state index is 0.0569. The molecule has 0 aromatic heterocycles. The monoisotopic (exact) mass is 942 g/mol. The number of phosphoric ester groups is 1. The van der Waals surface area contributed by atoms with Crippen molar-refractivity contribution in [1.82, 2.24) is 0 Å². The highest BCUT2D eigenvalue weighted by Crippen LogP contribution is 2.43. The number of phosphoric acid groups is 1. The van der Waals surface area contributed by atoms with E-state index in [0.717, 1.165) is 32.1 Å². The van der Waals surface area contributed by atoms with Crippen LogP contribution in [-0.4, -0.2) is 49.3 Å². The number of carbonyl (C=O) groups excluding carboxylic acids is 2. The Balaban J connectivity index is 3.94. The largest absolute Gasteiger partial charge is 0.472 e. The topological polar surface area (TPSA) is 134 Å². The van der Waals surface area contributed by atoms with Crippen molar-refractivity contribution >= 4 is 19.8 Å². The number of allylic oxidation sites excluding steroid dienone is 2. The molecule has 65 heavy (non-hydrogen) atoms. The van der Waals surface area contributed by atoms with E-state index in [2.05, 4.69) is 26.0 Å². The first-order chi connectivity index (χ1) is 31.8. The highest BCUT2D eigenvalue weighted by atomic mass is 31.2. The number of hydrogen-bond donors (Lipinski definition) is 2. The normalized spacial score (nSPS) is 13.1. The number of hydrogen-bond acceptors (Lipinski definition) is 8. The molecule has 0 heterocycles. The molecule has 10 heteroatoms. The second kappa shape index (κ2) is 52.1. The maximum atomic E-state index is 12.7. The lowest BCUT2D eigenvalue weighted by molar-refractivity contribution is -0.161. The van der Waals surface area contributed by atoms with Gasteiger partial charge in [0, 0.05) is 19.4 Å². The van der Waals surface area contributed by atoms with E-state index in [1.54, 1.807) is 0 Å². The van der Waals surface area contributed by atoms with E-state index in [9.17, 15) is 19.0 Å². The fourth-order valence-electron chi connectivity index (χ4n) is 8.46. The molecule has 0 aromatic rings. The van der Waals surface area contributed by atoms with Gasteiger partial charge in [0.05, 0.1) is 13.2 Å². The molecule has 1 unspecified atom stereocenters. The number of nitrogens with two attached hydrogens (primary N) is 1. The Morgan fingerprint density at radius 3 is 1.09 bits per heavy atom. The molecule has 0 bridgehead atoms. The van der Waals surface area contributed by atoms with Gasteiger partial charge in [-0.1, -0.05) is 257 Å². The van der Waals surface area contributed by atoms with E-state index in [1.165, 1.54) is 231 Å². The van der Waals surface area contributed by atoms with Crippen molar-refractivity contribution in [2.75, 3.05) is 26.4 Å². The molecule has 0 aliphatic heterocycles. The van der Waals surface area contributed by atoms with Crippen LogP contribution in [0.25, 0.3) is 0 Å². The average Bonchev–Trinajstić information content (AvgIpc) is 3.30. The summed E-state index contributed by atoms with van der Waals surface area (Å²) in [7, 11) is -4.38. The van der Waals surface area contributed by atoms with Crippen molar-refractivity contribution in [2.45, 2.75) is 302 Å². The number of esters is 2. The first-order valence-electron chi connectivity index (χ1n) is 28.2. The Morgan fingerprint density at radius 2 is 0.754 bits per heavy atom. The zero-order chi connectivity index (χ0) is 47.4. The molecule has 0 spiro atoms. The zero-order valence-electron chi connectivity index (χ0n) is 43.0. The molecule has 0 aliphatic rings. The number of unbranched alkanes of at least 4 members (excludes halogenated alkanes) is 39.